The Morgan fingerprint density at radius 3 is 2.55 bits per heavy atom. The van der Waals surface area contributed by atoms with Crippen LogP contribution in [0.3, 0.4) is 0 Å². The summed E-state index contributed by atoms with van der Waals surface area (Å²) in [5.41, 5.74) is -0.0170. The quantitative estimate of drug-likeness (QED) is 0.515. The number of aromatic nitrogens is 3. The summed E-state index contributed by atoms with van der Waals surface area (Å²) in [7, 11) is -3.93. The minimum atomic E-state index is -3.93. The van der Waals surface area contributed by atoms with Crippen molar-refractivity contribution in [2.24, 2.45) is 5.92 Å². The number of halogens is 2. The van der Waals surface area contributed by atoms with Crippen LogP contribution in [0.4, 0.5) is 8.78 Å². The van der Waals surface area contributed by atoms with E-state index < -0.39 is 27.4 Å². The smallest absolute Gasteiger partial charge is 0.296 e. The molecule has 3 aromatic rings. The summed E-state index contributed by atoms with van der Waals surface area (Å²) < 4.78 is 66.0. The molecule has 1 aliphatic heterocycles. The maximum absolute atomic E-state index is 14.6. The summed E-state index contributed by atoms with van der Waals surface area (Å²) in [4.78, 5) is 0.0670. The molecule has 2 heterocycles. The van der Waals surface area contributed by atoms with E-state index in [1.165, 1.54) is 36.9 Å². The summed E-state index contributed by atoms with van der Waals surface area (Å²) in [6.07, 6.45) is 3.22. The van der Waals surface area contributed by atoms with Gasteiger partial charge in [0.15, 0.2) is 0 Å². The first-order valence-electron chi connectivity index (χ1n) is 9.65. The SMILES string of the molecule is Cc1ccc(S(=O)(=O)OC[C@@H]2CO[C@@](Cn3cnnc3)(c3ccc(F)cc3F)C2)cc1. The Morgan fingerprint density at radius 1 is 1.16 bits per heavy atom. The molecule has 0 amide bonds. The second-order valence-electron chi connectivity index (χ2n) is 7.69. The Morgan fingerprint density at radius 2 is 1.87 bits per heavy atom. The number of nitrogens with zero attached hydrogens (tertiary/aromatic N) is 3. The first-order valence-corrected chi connectivity index (χ1v) is 11.1. The molecule has 10 heteroatoms. The van der Waals surface area contributed by atoms with Crippen LogP contribution in [0.25, 0.3) is 0 Å². The van der Waals surface area contributed by atoms with Crippen LogP contribution in [0.5, 0.6) is 0 Å². The topological polar surface area (TPSA) is 83.3 Å². The van der Waals surface area contributed by atoms with E-state index in [0.717, 1.165) is 11.6 Å². The number of aryl methyl sites for hydroxylation is 1. The molecule has 7 nitrogen and oxygen atoms in total. The number of benzene rings is 2. The number of hydrogen-bond acceptors (Lipinski definition) is 6. The zero-order valence-electron chi connectivity index (χ0n) is 16.7. The normalized spacial score (nSPS) is 21.5. The van der Waals surface area contributed by atoms with Crippen LogP contribution in [0, 0.1) is 24.5 Å². The molecular weight excluding hydrogens is 428 g/mol. The largest absolute Gasteiger partial charge is 0.368 e. The molecule has 0 saturated carbocycles. The van der Waals surface area contributed by atoms with E-state index in [9.17, 15) is 17.2 Å². The van der Waals surface area contributed by atoms with Crippen molar-refractivity contribution in [1.29, 1.82) is 0 Å². The zero-order valence-corrected chi connectivity index (χ0v) is 17.6. The van der Waals surface area contributed by atoms with Gasteiger partial charge in [0.25, 0.3) is 10.1 Å². The molecule has 0 aliphatic carbocycles. The van der Waals surface area contributed by atoms with E-state index in [1.54, 1.807) is 16.7 Å². The van der Waals surface area contributed by atoms with Crippen molar-refractivity contribution in [3.63, 3.8) is 0 Å². The standard InChI is InChI=1S/C21H21F2N3O4S/c1-15-2-5-18(6-3-15)31(27,28)30-11-16-9-21(29-10-16,12-26-13-24-25-14-26)19-7-4-17(22)8-20(19)23/h2-8,13-14,16H,9-12H2,1H3/t16-,21-/m0/s1. The summed E-state index contributed by atoms with van der Waals surface area (Å²) in [5, 5.41) is 7.51. The van der Waals surface area contributed by atoms with Crippen LogP contribution in [0.15, 0.2) is 60.0 Å². The van der Waals surface area contributed by atoms with Gasteiger partial charge in [-0.1, -0.05) is 23.8 Å². The highest BCUT2D eigenvalue weighted by atomic mass is 32.2. The van der Waals surface area contributed by atoms with Crippen molar-refractivity contribution in [2.75, 3.05) is 13.2 Å². The lowest BCUT2D eigenvalue weighted by atomic mass is 9.87. The van der Waals surface area contributed by atoms with E-state index >= 15 is 0 Å². The molecule has 164 valence electrons. The third-order valence-electron chi connectivity index (χ3n) is 5.31. The molecule has 1 saturated heterocycles. The molecule has 0 N–H and O–H groups in total. The lowest BCUT2D eigenvalue weighted by Gasteiger charge is -2.29. The van der Waals surface area contributed by atoms with Gasteiger partial charge in [-0.3, -0.25) is 4.18 Å². The molecule has 2 atom stereocenters. The highest BCUT2D eigenvalue weighted by molar-refractivity contribution is 7.86. The highest BCUT2D eigenvalue weighted by Gasteiger charge is 2.44. The monoisotopic (exact) mass is 449 g/mol. The van der Waals surface area contributed by atoms with Crippen LogP contribution in [-0.2, 0) is 31.2 Å². The fourth-order valence-corrected chi connectivity index (χ4v) is 4.75. The van der Waals surface area contributed by atoms with Gasteiger partial charge in [-0.2, -0.15) is 8.42 Å². The number of rotatable bonds is 7. The van der Waals surface area contributed by atoms with Crippen molar-refractivity contribution >= 4 is 10.1 Å². The van der Waals surface area contributed by atoms with E-state index in [2.05, 4.69) is 10.2 Å². The fraction of sp³-hybridized carbons (Fsp3) is 0.333. The summed E-state index contributed by atoms with van der Waals surface area (Å²) >= 11 is 0. The predicted octanol–water partition coefficient (Wildman–Crippen LogP) is 3.20. The van der Waals surface area contributed by atoms with Gasteiger partial charge in [0.2, 0.25) is 0 Å². The molecule has 0 spiro atoms. The molecule has 2 aromatic carbocycles. The Hall–Kier alpha value is -2.69. The Labute approximate surface area is 178 Å². The third-order valence-corrected chi connectivity index (χ3v) is 6.60. The van der Waals surface area contributed by atoms with E-state index in [4.69, 9.17) is 8.92 Å². The van der Waals surface area contributed by atoms with Crippen molar-refractivity contribution in [2.45, 2.75) is 30.4 Å². The summed E-state index contributed by atoms with van der Waals surface area (Å²) in [6.45, 7) is 2.08. The summed E-state index contributed by atoms with van der Waals surface area (Å²) in [6, 6.07) is 9.67. The second-order valence-corrected chi connectivity index (χ2v) is 9.30. The third kappa shape index (κ3) is 4.65. The predicted molar refractivity (Wildman–Crippen MR) is 106 cm³/mol. The minimum Gasteiger partial charge on any atom is -0.368 e. The van der Waals surface area contributed by atoms with Gasteiger partial charge in [0.1, 0.15) is 29.9 Å². The maximum Gasteiger partial charge on any atom is 0.296 e. The van der Waals surface area contributed by atoms with Crippen LogP contribution in [0.2, 0.25) is 0 Å². The highest BCUT2D eigenvalue weighted by Crippen LogP contribution is 2.42. The van der Waals surface area contributed by atoms with Gasteiger partial charge in [-0.05, 0) is 31.5 Å². The first-order chi connectivity index (χ1) is 14.8. The van der Waals surface area contributed by atoms with Crippen molar-refractivity contribution in [1.82, 2.24) is 14.8 Å². The van der Waals surface area contributed by atoms with Gasteiger partial charge in [0.05, 0.1) is 24.7 Å². The molecule has 4 rings (SSSR count). The molecule has 1 aliphatic rings. The molecule has 0 bridgehead atoms. The van der Waals surface area contributed by atoms with Gasteiger partial charge in [-0.25, -0.2) is 8.78 Å². The first kappa shape index (κ1) is 21.5. The van der Waals surface area contributed by atoms with Gasteiger partial charge in [-0.15, -0.1) is 10.2 Å². The van der Waals surface area contributed by atoms with Crippen LogP contribution < -0.4 is 0 Å². The average Bonchev–Trinajstić information content (AvgIpc) is 3.38. The molecule has 0 radical (unpaired) electrons. The Kier molecular flexibility index (Phi) is 5.87. The van der Waals surface area contributed by atoms with Gasteiger partial charge < -0.3 is 9.30 Å². The van der Waals surface area contributed by atoms with E-state index in [1.807, 2.05) is 6.92 Å². The van der Waals surface area contributed by atoms with Crippen LogP contribution in [-0.4, -0.2) is 36.4 Å². The maximum atomic E-state index is 14.6. The Bertz CT molecular complexity index is 1150. The Balaban J connectivity index is 1.53. The molecule has 1 aromatic heterocycles. The second kappa shape index (κ2) is 8.45. The van der Waals surface area contributed by atoms with Gasteiger partial charge >= 0.3 is 0 Å². The fourth-order valence-electron chi connectivity index (χ4n) is 3.77. The summed E-state index contributed by atoms with van der Waals surface area (Å²) in [5.74, 6) is -1.74. The lowest BCUT2D eigenvalue weighted by molar-refractivity contribution is -0.0181. The molecular formula is C21H21F2N3O4S. The van der Waals surface area contributed by atoms with Crippen molar-refractivity contribution in [3.8, 4) is 0 Å². The molecule has 31 heavy (non-hydrogen) atoms. The minimum absolute atomic E-state index is 0.0670. The van der Waals surface area contributed by atoms with Crippen LogP contribution in [0.1, 0.15) is 17.5 Å². The molecule has 1 fully saturated rings. The van der Waals surface area contributed by atoms with Crippen molar-refractivity contribution in [3.05, 3.63) is 77.9 Å². The van der Waals surface area contributed by atoms with Gasteiger partial charge in [0, 0.05) is 17.5 Å². The lowest BCUT2D eigenvalue weighted by Crippen LogP contribution is -2.32. The zero-order chi connectivity index (χ0) is 22.1. The number of ether oxygens (including phenoxy) is 1. The van der Waals surface area contributed by atoms with Crippen molar-refractivity contribution < 1.29 is 26.1 Å². The van der Waals surface area contributed by atoms with E-state index in [-0.39, 0.29) is 42.6 Å². The molecule has 0 unspecified atom stereocenters. The van der Waals surface area contributed by atoms with E-state index in [0.29, 0.717) is 0 Å². The average molecular weight is 449 g/mol. The van der Waals surface area contributed by atoms with Crippen LogP contribution >= 0.6 is 0 Å². The number of hydrogen-bond donors (Lipinski definition) is 0.